The number of benzene rings is 1. The van der Waals surface area contributed by atoms with Gasteiger partial charge < -0.3 is 20.6 Å². The predicted octanol–water partition coefficient (Wildman–Crippen LogP) is -0.111. The first-order valence-electron chi connectivity index (χ1n) is 3.33. The van der Waals surface area contributed by atoms with Crippen molar-refractivity contribution in [3.8, 4) is 0 Å². The molecule has 5 N–H and O–H groups in total. The summed E-state index contributed by atoms with van der Waals surface area (Å²) in [5.74, 6) is -1.18. The van der Waals surface area contributed by atoms with Crippen molar-refractivity contribution in [2.75, 3.05) is 5.73 Å². The van der Waals surface area contributed by atoms with E-state index in [9.17, 15) is 4.79 Å². The van der Waals surface area contributed by atoms with Crippen molar-refractivity contribution in [2.24, 2.45) is 0 Å². The first-order chi connectivity index (χ1) is 6.04. The minimum absolute atomic E-state index is 0.0647. The van der Waals surface area contributed by atoms with E-state index in [0.29, 0.717) is 0 Å². The standard InChI is InChI=1S/C7H8NO4P/c8-6-4(7(9)10)2-1-3-5(6)13(11)12/h1-3,11-12H,8H2,(H,9,10). The van der Waals surface area contributed by atoms with E-state index in [1.165, 1.54) is 18.2 Å². The predicted molar refractivity (Wildman–Crippen MR) is 48.8 cm³/mol. The van der Waals surface area contributed by atoms with Crippen molar-refractivity contribution >= 4 is 25.3 Å². The lowest BCUT2D eigenvalue weighted by Gasteiger charge is -2.08. The van der Waals surface area contributed by atoms with Crippen molar-refractivity contribution in [3.63, 3.8) is 0 Å². The third kappa shape index (κ3) is 1.95. The maximum atomic E-state index is 10.6. The van der Waals surface area contributed by atoms with Crippen LogP contribution in [0.5, 0.6) is 0 Å². The van der Waals surface area contributed by atoms with Gasteiger partial charge in [-0.15, -0.1) is 0 Å². The number of nitrogens with two attached hydrogens (primary N) is 1. The highest BCUT2D eigenvalue weighted by Gasteiger charge is 2.15. The van der Waals surface area contributed by atoms with E-state index in [-0.39, 0.29) is 16.6 Å². The lowest BCUT2D eigenvalue weighted by Crippen LogP contribution is -2.13. The summed E-state index contributed by atoms with van der Waals surface area (Å²) in [5, 5.41) is 8.70. The number of rotatable bonds is 2. The van der Waals surface area contributed by atoms with Gasteiger partial charge in [0.1, 0.15) is 0 Å². The van der Waals surface area contributed by atoms with Crippen LogP contribution in [-0.2, 0) is 0 Å². The molecular formula is C7H8NO4P. The number of aromatic carboxylic acids is 1. The highest BCUT2D eigenvalue weighted by atomic mass is 31.2. The van der Waals surface area contributed by atoms with Crippen LogP contribution in [0.15, 0.2) is 18.2 Å². The third-order valence-corrected chi connectivity index (χ3v) is 2.35. The highest BCUT2D eigenvalue weighted by molar-refractivity contribution is 7.54. The number of para-hydroxylation sites is 1. The Morgan fingerprint density at radius 1 is 1.38 bits per heavy atom. The van der Waals surface area contributed by atoms with E-state index < -0.39 is 14.3 Å². The second kappa shape index (κ2) is 3.70. The third-order valence-electron chi connectivity index (χ3n) is 1.53. The van der Waals surface area contributed by atoms with Gasteiger partial charge in [-0.3, -0.25) is 0 Å². The molecule has 0 spiro atoms. The molecule has 1 aromatic rings. The average molecular weight is 201 g/mol. The quantitative estimate of drug-likeness (QED) is 0.394. The molecule has 0 aliphatic rings. The second-order valence-electron chi connectivity index (χ2n) is 2.33. The fourth-order valence-electron chi connectivity index (χ4n) is 0.914. The molecule has 0 bridgehead atoms. The van der Waals surface area contributed by atoms with Crippen LogP contribution in [0.3, 0.4) is 0 Å². The van der Waals surface area contributed by atoms with E-state index in [1.807, 2.05) is 0 Å². The summed E-state index contributed by atoms with van der Waals surface area (Å²) in [6, 6.07) is 4.10. The lowest BCUT2D eigenvalue weighted by molar-refractivity contribution is 0.0698. The molecule has 5 nitrogen and oxygen atoms in total. The molecule has 0 saturated carbocycles. The van der Waals surface area contributed by atoms with E-state index in [4.69, 9.17) is 20.6 Å². The summed E-state index contributed by atoms with van der Waals surface area (Å²) in [6.45, 7) is 0. The number of hydrogen-bond acceptors (Lipinski definition) is 4. The molecule has 13 heavy (non-hydrogen) atoms. The molecule has 0 atom stereocenters. The van der Waals surface area contributed by atoms with Gasteiger partial charge in [-0.1, -0.05) is 6.07 Å². The maximum absolute atomic E-state index is 10.6. The Morgan fingerprint density at radius 2 is 2.00 bits per heavy atom. The zero-order valence-corrected chi connectivity index (χ0v) is 7.40. The molecule has 0 aromatic heterocycles. The van der Waals surface area contributed by atoms with E-state index in [1.54, 1.807) is 0 Å². The van der Waals surface area contributed by atoms with Crippen LogP contribution < -0.4 is 11.0 Å². The number of hydrogen-bond donors (Lipinski definition) is 4. The number of nitrogen functional groups attached to an aromatic ring is 1. The molecular weight excluding hydrogens is 193 g/mol. The Bertz CT molecular complexity index is 339. The van der Waals surface area contributed by atoms with Gasteiger partial charge >= 0.3 is 5.97 Å². The average Bonchev–Trinajstić information content (AvgIpc) is 2.03. The Labute approximate surface area is 75.4 Å². The topological polar surface area (TPSA) is 104 Å². The summed E-state index contributed by atoms with van der Waals surface area (Å²) < 4.78 is 0. The Morgan fingerprint density at radius 3 is 2.46 bits per heavy atom. The molecule has 0 saturated heterocycles. The zero-order valence-electron chi connectivity index (χ0n) is 6.51. The molecule has 6 heteroatoms. The maximum Gasteiger partial charge on any atom is 0.337 e. The minimum atomic E-state index is -2.35. The first kappa shape index (κ1) is 9.92. The summed E-state index contributed by atoms with van der Waals surface area (Å²) in [5.41, 5.74) is 5.19. The van der Waals surface area contributed by atoms with E-state index >= 15 is 0 Å². The van der Waals surface area contributed by atoms with Gasteiger partial charge in [0.15, 0.2) is 0 Å². The monoisotopic (exact) mass is 201 g/mol. The smallest absolute Gasteiger partial charge is 0.337 e. The van der Waals surface area contributed by atoms with Gasteiger partial charge in [0.2, 0.25) is 8.38 Å². The molecule has 0 unspecified atom stereocenters. The first-order valence-corrected chi connectivity index (χ1v) is 4.58. The van der Waals surface area contributed by atoms with E-state index in [2.05, 4.69) is 0 Å². The summed E-state index contributed by atoms with van der Waals surface area (Å²) >= 11 is 0. The fraction of sp³-hybridized carbons (Fsp3) is 0. The molecule has 1 aromatic carbocycles. The van der Waals surface area contributed by atoms with Gasteiger partial charge in [0.05, 0.1) is 16.6 Å². The zero-order chi connectivity index (χ0) is 10.0. The van der Waals surface area contributed by atoms with Gasteiger partial charge in [-0.05, 0) is 12.1 Å². The van der Waals surface area contributed by atoms with Crippen molar-refractivity contribution in [1.29, 1.82) is 0 Å². The van der Waals surface area contributed by atoms with Crippen LogP contribution in [0.25, 0.3) is 0 Å². The molecule has 70 valence electrons. The molecule has 0 heterocycles. The normalized spacial score (nSPS) is 10.4. The Hall–Kier alpha value is -1.16. The van der Waals surface area contributed by atoms with Crippen LogP contribution in [0, 0.1) is 0 Å². The van der Waals surface area contributed by atoms with Gasteiger partial charge in [-0.2, -0.15) is 0 Å². The minimum Gasteiger partial charge on any atom is -0.478 e. The summed E-state index contributed by atoms with van der Waals surface area (Å²) in [4.78, 5) is 28.3. The molecule has 0 amide bonds. The van der Waals surface area contributed by atoms with Crippen LogP contribution in [-0.4, -0.2) is 20.9 Å². The molecule has 1 rings (SSSR count). The van der Waals surface area contributed by atoms with Crippen molar-refractivity contribution in [3.05, 3.63) is 23.8 Å². The number of carboxylic acids is 1. The van der Waals surface area contributed by atoms with Crippen molar-refractivity contribution < 1.29 is 19.7 Å². The van der Waals surface area contributed by atoms with Gasteiger partial charge in [0, 0.05) is 0 Å². The van der Waals surface area contributed by atoms with Gasteiger partial charge in [-0.25, -0.2) is 4.79 Å². The summed E-state index contributed by atoms with van der Waals surface area (Å²) in [7, 11) is -2.35. The number of carbonyl (C=O) groups is 1. The van der Waals surface area contributed by atoms with Crippen LogP contribution in [0.1, 0.15) is 10.4 Å². The van der Waals surface area contributed by atoms with Crippen molar-refractivity contribution in [2.45, 2.75) is 0 Å². The highest BCUT2D eigenvalue weighted by Crippen LogP contribution is 2.27. The SMILES string of the molecule is Nc1c(C(=O)O)cccc1P(O)O. The number of carboxylic acid groups (broad SMARTS) is 1. The second-order valence-corrected chi connectivity index (χ2v) is 3.39. The largest absolute Gasteiger partial charge is 0.478 e. The molecule has 0 aliphatic carbocycles. The van der Waals surface area contributed by atoms with Crippen LogP contribution in [0.2, 0.25) is 0 Å². The van der Waals surface area contributed by atoms with Gasteiger partial charge in [0.25, 0.3) is 0 Å². The Balaban J connectivity index is 3.26. The van der Waals surface area contributed by atoms with Crippen LogP contribution >= 0.6 is 8.38 Å². The lowest BCUT2D eigenvalue weighted by atomic mass is 10.2. The molecule has 0 fully saturated rings. The molecule has 0 radical (unpaired) electrons. The van der Waals surface area contributed by atoms with Crippen LogP contribution in [0.4, 0.5) is 5.69 Å². The summed E-state index contributed by atoms with van der Waals surface area (Å²) in [6.07, 6.45) is 0. The number of anilines is 1. The molecule has 0 aliphatic heterocycles. The fourth-order valence-corrected chi connectivity index (χ4v) is 1.47. The Kier molecular flexibility index (Phi) is 2.83. The van der Waals surface area contributed by atoms with Crippen molar-refractivity contribution in [1.82, 2.24) is 0 Å². The van der Waals surface area contributed by atoms with E-state index in [0.717, 1.165) is 0 Å².